The maximum absolute atomic E-state index is 13.4. The summed E-state index contributed by atoms with van der Waals surface area (Å²) in [4.78, 5) is 0. The number of halogens is 1. The molecule has 0 fully saturated rings. The molecule has 0 spiro atoms. The summed E-state index contributed by atoms with van der Waals surface area (Å²) in [6.07, 6.45) is 0.349. The first-order valence-electron chi connectivity index (χ1n) is 10.6. The number of aliphatic hydroxyl groups excluding tert-OH is 1. The average Bonchev–Trinajstić information content (AvgIpc) is 3.31. The molecule has 0 saturated heterocycles. The second kappa shape index (κ2) is 10.9. The van der Waals surface area contributed by atoms with E-state index in [4.69, 9.17) is 9.47 Å². The molecule has 0 saturated carbocycles. The van der Waals surface area contributed by atoms with Gasteiger partial charge in [-0.2, -0.15) is 0 Å². The third-order valence-electron chi connectivity index (χ3n) is 5.20. The first-order chi connectivity index (χ1) is 15.7. The van der Waals surface area contributed by atoms with Crippen LogP contribution in [0, 0.1) is 5.82 Å². The highest BCUT2D eigenvalue weighted by Crippen LogP contribution is 2.27. The van der Waals surface area contributed by atoms with Gasteiger partial charge in [0.1, 0.15) is 18.0 Å². The van der Waals surface area contributed by atoms with Crippen LogP contribution in [-0.2, 0) is 22.7 Å². The Morgan fingerprint density at radius 2 is 1.38 bits per heavy atom. The number of hydrogen-bond acceptors (Lipinski definition) is 3. The maximum Gasteiger partial charge on any atom is 0.126 e. The van der Waals surface area contributed by atoms with Gasteiger partial charge < -0.3 is 19.1 Å². The minimum absolute atomic E-state index is 0.114. The molecular formula is C27H26FNO3. The summed E-state index contributed by atoms with van der Waals surface area (Å²) in [7, 11) is 0. The fourth-order valence-electron chi connectivity index (χ4n) is 3.58. The molecule has 0 unspecified atom stereocenters. The van der Waals surface area contributed by atoms with Gasteiger partial charge in [-0.15, -0.1) is 0 Å². The normalized spacial score (nSPS) is 13.1. The smallest absolute Gasteiger partial charge is 0.126 e. The predicted octanol–water partition coefficient (Wildman–Crippen LogP) is 5.45. The minimum Gasteiger partial charge on any atom is -0.388 e. The van der Waals surface area contributed by atoms with Crippen molar-refractivity contribution in [2.45, 2.75) is 25.4 Å². The second-order valence-electron chi connectivity index (χ2n) is 7.56. The highest BCUT2D eigenvalue weighted by molar-refractivity contribution is 5.36. The highest BCUT2D eigenvalue weighted by atomic mass is 19.1. The molecule has 1 N–H and O–H groups in total. The first kappa shape index (κ1) is 22.0. The van der Waals surface area contributed by atoms with Crippen LogP contribution in [0.4, 0.5) is 4.39 Å². The van der Waals surface area contributed by atoms with E-state index in [1.165, 1.54) is 12.1 Å². The summed E-state index contributed by atoms with van der Waals surface area (Å²) >= 11 is 0. The Balaban J connectivity index is 1.52. The lowest BCUT2D eigenvalue weighted by Crippen LogP contribution is -2.28. The number of nitrogens with zero attached hydrogens (tertiary/aromatic N) is 1. The highest BCUT2D eigenvalue weighted by Gasteiger charge is 2.26. The van der Waals surface area contributed by atoms with Crippen LogP contribution in [0.3, 0.4) is 0 Å². The summed E-state index contributed by atoms with van der Waals surface area (Å²) in [5.41, 5.74) is 3.60. The fraction of sp³-hybridized carbons (Fsp3) is 0.185. The Kier molecular flexibility index (Phi) is 7.46. The number of hydrogen-bond donors (Lipinski definition) is 1. The van der Waals surface area contributed by atoms with Crippen molar-refractivity contribution in [2.24, 2.45) is 0 Å². The average molecular weight is 432 g/mol. The topological polar surface area (TPSA) is 43.6 Å². The number of aromatic nitrogens is 1. The van der Waals surface area contributed by atoms with Crippen LogP contribution in [0.5, 0.6) is 0 Å². The second-order valence-corrected chi connectivity index (χ2v) is 7.56. The lowest BCUT2D eigenvalue weighted by molar-refractivity contribution is -0.0852. The molecule has 2 atom stereocenters. The summed E-state index contributed by atoms with van der Waals surface area (Å²) in [6.45, 7) is 0.862. The van der Waals surface area contributed by atoms with Crippen LogP contribution < -0.4 is 0 Å². The molecule has 4 nitrogen and oxygen atoms in total. The Hall–Kier alpha value is -3.25. The largest absolute Gasteiger partial charge is 0.388 e. The lowest BCUT2D eigenvalue weighted by atomic mass is 10.1. The van der Waals surface area contributed by atoms with E-state index in [1.54, 1.807) is 12.1 Å². The Morgan fingerprint density at radius 3 is 2.03 bits per heavy atom. The molecule has 5 heteroatoms. The molecule has 1 heterocycles. The molecule has 4 rings (SSSR count). The molecule has 0 radical (unpaired) electrons. The molecule has 0 aliphatic heterocycles. The van der Waals surface area contributed by atoms with E-state index in [1.807, 2.05) is 83.6 Å². The van der Waals surface area contributed by atoms with Crippen LogP contribution in [0.25, 0.3) is 5.69 Å². The molecular weight excluding hydrogens is 405 g/mol. The predicted molar refractivity (Wildman–Crippen MR) is 122 cm³/mol. The number of benzene rings is 3. The molecule has 0 amide bonds. The van der Waals surface area contributed by atoms with Gasteiger partial charge >= 0.3 is 0 Å². The molecule has 1 aromatic heterocycles. The minimum atomic E-state index is -0.892. The molecule has 4 aromatic rings. The molecule has 3 aromatic carbocycles. The van der Waals surface area contributed by atoms with Crippen molar-refractivity contribution in [3.05, 3.63) is 126 Å². The van der Waals surface area contributed by atoms with Crippen molar-refractivity contribution >= 4 is 0 Å². The van der Waals surface area contributed by atoms with Gasteiger partial charge in [-0.1, -0.05) is 60.7 Å². The Bertz CT molecular complexity index is 1080. The van der Waals surface area contributed by atoms with Gasteiger partial charge in [-0.05, 0) is 47.5 Å². The quantitative estimate of drug-likeness (QED) is 0.363. The van der Waals surface area contributed by atoms with Gasteiger partial charge in [0.2, 0.25) is 0 Å². The van der Waals surface area contributed by atoms with Crippen LogP contribution in [-0.4, -0.2) is 22.4 Å². The van der Waals surface area contributed by atoms with Crippen LogP contribution >= 0.6 is 0 Å². The summed E-state index contributed by atoms with van der Waals surface area (Å²) in [5, 5.41) is 11.0. The van der Waals surface area contributed by atoms with Crippen molar-refractivity contribution in [1.82, 2.24) is 4.57 Å². The molecule has 0 bridgehead atoms. The monoisotopic (exact) mass is 431 g/mol. The standard InChI is InChI=1S/C27H26FNO3/c28-23-13-15-24(16-14-23)29-17-7-12-25(29)27(32-19-22-10-5-2-6-11-22)26(30)20-31-18-21-8-3-1-4-9-21/h1-17,26-27,30H,18-20H2/t26-,27+/m1/s1. The first-order valence-corrected chi connectivity index (χ1v) is 10.6. The van der Waals surface area contributed by atoms with Crippen molar-refractivity contribution in [1.29, 1.82) is 0 Å². The third-order valence-corrected chi connectivity index (χ3v) is 5.20. The SMILES string of the molecule is O[C@H](COCc1ccccc1)[C@@H](OCc1ccccc1)c1cccn1-c1ccc(F)cc1. The van der Waals surface area contributed by atoms with Crippen LogP contribution in [0.1, 0.15) is 22.9 Å². The van der Waals surface area contributed by atoms with Crippen molar-refractivity contribution in [3.8, 4) is 5.69 Å². The van der Waals surface area contributed by atoms with Gasteiger partial charge in [0.25, 0.3) is 0 Å². The van der Waals surface area contributed by atoms with Crippen LogP contribution in [0.2, 0.25) is 0 Å². The van der Waals surface area contributed by atoms with E-state index in [0.29, 0.717) is 13.2 Å². The van der Waals surface area contributed by atoms with E-state index >= 15 is 0 Å². The lowest BCUT2D eigenvalue weighted by Gasteiger charge is -2.25. The van der Waals surface area contributed by atoms with Crippen molar-refractivity contribution in [3.63, 3.8) is 0 Å². The zero-order valence-electron chi connectivity index (χ0n) is 17.7. The third kappa shape index (κ3) is 5.71. The fourth-order valence-corrected chi connectivity index (χ4v) is 3.58. The number of ether oxygens (including phenoxy) is 2. The molecule has 0 aliphatic carbocycles. The zero-order valence-corrected chi connectivity index (χ0v) is 17.7. The Labute approximate surface area is 187 Å². The summed E-state index contributed by atoms with van der Waals surface area (Å²) in [6, 6.07) is 29.7. The van der Waals surface area contributed by atoms with Gasteiger partial charge in [0.05, 0.1) is 25.5 Å². The zero-order chi connectivity index (χ0) is 22.2. The molecule has 164 valence electrons. The van der Waals surface area contributed by atoms with Gasteiger partial charge in [-0.25, -0.2) is 4.39 Å². The Morgan fingerprint density at radius 1 is 0.750 bits per heavy atom. The van der Waals surface area contributed by atoms with E-state index in [9.17, 15) is 9.50 Å². The summed E-state index contributed by atoms with van der Waals surface area (Å²) < 4.78 is 27.3. The van der Waals surface area contributed by atoms with Crippen LogP contribution in [0.15, 0.2) is 103 Å². The van der Waals surface area contributed by atoms with E-state index < -0.39 is 12.2 Å². The van der Waals surface area contributed by atoms with Crippen molar-refractivity contribution in [2.75, 3.05) is 6.61 Å². The number of rotatable bonds is 10. The van der Waals surface area contributed by atoms with Gasteiger partial charge in [0.15, 0.2) is 0 Å². The number of aliphatic hydroxyl groups is 1. The van der Waals surface area contributed by atoms with Crippen molar-refractivity contribution < 1.29 is 19.0 Å². The summed E-state index contributed by atoms with van der Waals surface area (Å²) in [5.74, 6) is -0.298. The maximum atomic E-state index is 13.4. The van der Waals surface area contributed by atoms with Gasteiger partial charge in [0, 0.05) is 11.9 Å². The van der Waals surface area contributed by atoms with E-state index in [-0.39, 0.29) is 12.4 Å². The molecule has 32 heavy (non-hydrogen) atoms. The van der Waals surface area contributed by atoms with E-state index in [0.717, 1.165) is 22.5 Å². The van der Waals surface area contributed by atoms with Gasteiger partial charge in [-0.3, -0.25) is 0 Å². The van der Waals surface area contributed by atoms with E-state index in [2.05, 4.69) is 0 Å². The molecule has 0 aliphatic rings.